The molecule has 4 aromatic carbocycles. The summed E-state index contributed by atoms with van der Waals surface area (Å²) in [4.78, 5) is 0. The largest absolute Gasteiger partial charge is 1.00 e. The van der Waals surface area contributed by atoms with Gasteiger partial charge in [-0.05, 0) is 0 Å². The van der Waals surface area contributed by atoms with Gasteiger partial charge >= 0.3 is 352 Å². The Morgan fingerprint density at radius 2 is 0.655 bits per heavy atom. The Kier molecular flexibility index (Phi) is 16.1. The molecule has 0 spiro atoms. The first kappa shape index (κ1) is 52.3. The standard InChI is InChI=1S/C53H71Si.3ClH.Ti/c1-48(2,3)38-27-39(49(4,5)6)31-45(30-38)54(44-25-24-37(26-44)36-22-20-19-21-23-36,46-32-40(50(7,8)9)28-41(33-46)51(10,11)12)47-34-42(52(13,14)15)29-43(35-47)53(16,17)18;;;;/h19-24,27-35H,25H2,1-18H3;3*1H;/q;;;;+3/p-3. The number of rotatable bonds is 5. The molecule has 1 aliphatic rings. The molecule has 0 amide bonds. The predicted molar refractivity (Wildman–Crippen MR) is 242 cm³/mol. The van der Waals surface area contributed by atoms with Gasteiger partial charge in [-0.2, -0.15) is 0 Å². The molecule has 0 radical (unpaired) electrons. The van der Waals surface area contributed by atoms with Gasteiger partial charge < -0.3 is 37.2 Å². The summed E-state index contributed by atoms with van der Waals surface area (Å²) in [5, 5.41) is 6.16. The molecule has 1 aliphatic carbocycles. The summed E-state index contributed by atoms with van der Waals surface area (Å²) in [5.41, 5.74) is 11.1. The fourth-order valence-corrected chi connectivity index (χ4v) is 14.6. The van der Waals surface area contributed by atoms with E-state index >= 15 is 0 Å². The summed E-state index contributed by atoms with van der Waals surface area (Å²) in [6.45, 7) is 43.1. The molecular formula is C53H71Cl3SiTi. The van der Waals surface area contributed by atoms with Crippen LogP contribution in [0.1, 0.15) is 170 Å². The molecule has 312 valence electrons. The minimum absolute atomic E-state index is 0. The van der Waals surface area contributed by atoms with Gasteiger partial charge in [0.1, 0.15) is 0 Å². The van der Waals surface area contributed by atoms with Crippen molar-refractivity contribution in [2.24, 2.45) is 0 Å². The van der Waals surface area contributed by atoms with Crippen molar-refractivity contribution >= 4 is 29.2 Å². The molecule has 0 aromatic heterocycles. The second kappa shape index (κ2) is 17.9. The first-order chi connectivity index (χ1) is 24.9. The maximum Gasteiger partial charge on any atom is -1.00 e. The second-order valence-electron chi connectivity index (χ2n) is 22.7. The summed E-state index contributed by atoms with van der Waals surface area (Å²) in [6.07, 6.45) is 3.50. The maximum atomic E-state index is 2.66. The molecule has 0 N–H and O–H groups in total. The SMILES string of the molecule is CC(C)(C)c1cc(C(C)(C)C)cc([Si](C2=[C]([Ti+3])C(c3ccccc3)=CC2)(c2cc(C(C)(C)C)cc(C(C)(C)C)c2)c2cc(C(C)(C)C)cc(C(C)(C)C)c2)c1.[Cl-].[Cl-].[Cl-]. The van der Waals surface area contributed by atoms with Crippen molar-refractivity contribution in [2.75, 3.05) is 0 Å². The minimum Gasteiger partial charge on any atom is -1.00 e. The molecule has 0 aliphatic heterocycles. The Morgan fingerprint density at radius 3 is 0.897 bits per heavy atom. The topological polar surface area (TPSA) is 0 Å². The Labute approximate surface area is 386 Å². The van der Waals surface area contributed by atoms with E-state index in [1.165, 1.54) is 64.0 Å². The smallest absolute Gasteiger partial charge is 1.00 e. The van der Waals surface area contributed by atoms with E-state index in [9.17, 15) is 0 Å². The number of halogens is 3. The van der Waals surface area contributed by atoms with Crippen molar-refractivity contribution in [1.29, 1.82) is 0 Å². The van der Waals surface area contributed by atoms with Crippen LogP contribution in [0.5, 0.6) is 0 Å². The number of benzene rings is 4. The predicted octanol–water partition coefficient (Wildman–Crippen LogP) is 3.78. The van der Waals surface area contributed by atoms with Gasteiger partial charge in [0.2, 0.25) is 0 Å². The zero-order valence-electron chi connectivity index (χ0n) is 39.0. The van der Waals surface area contributed by atoms with Crippen LogP contribution in [0.4, 0.5) is 0 Å². The Balaban J connectivity index is 0.00000387. The van der Waals surface area contributed by atoms with E-state index in [4.69, 9.17) is 0 Å². The molecule has 5 heteroatoms. The molecule has 0 bridgehead atoms. The zero-order chi connectivity index (χ0) is 41.3. The van der Waals surface area contributed by atoms with E-state index in [-0.39, 0.29) is 69.7 Å². The van der Waals surface area contributed by atoms with E-state index in [0.717, 1.165) is 6.42 Å². The fourth-order valence-electron chi connectivity index (χ4n) is 7.94. The van der Waals surface area contributed by atoms with Crippen molar-refractivity contribution in [3.8, 4) is 0 Å². The summed E-state index contributed by atoms with van der Waals surface area (Å²) < 4.78 is 1.45. The van der Waals surface area contributed by atoms with E-state index in [1.54, 1.807) is 5.20 Å². The summed E-state index contributed by atoms with van der Waals surface area (Å²) in [7, 11) is -3.06. The van der Waals surface area contributed by atoms with Gasteiger partial charge in [-0.3, -0.25) is 0 Å². The molecule has 0 nitrogen and oxygen atoms in total. The third-order valence-electron chi connectivity index (χ3n) is 11.9. The molecule has 0 atom stereocenters. The number of hydrogen-bond donors (Lipinski definition) is 0. The quantitative estimate of drug-likeness (QED) is 0.212. The molecular weight excluding hydrogens is 819 g/mol. The average molecular weight is 890 g/mol. The Morgan fingerprint density at radius 1 is 0.397 bits per heavy atom. The van der Waals surface area contributed by atoms with Crippen LogP contribution in [0.2, 0.25) is 0 Å². The molecule has 0 fully saturated rings. The van der Waals surface area contributed by atoms with Crippen molar-refractivity contribution in [2.45, 2.75) is 164 Å². The van der Waals surface area contributed by atoms with E-state index < -0.39 is 8.07 Å². The zero-order valence-corrected chi connectivity index (χ0v) is 43.8. The van der Waals surface area contributed by atoms with Crippen molar-refractivity contribution in [3.05, 3.63) is 139 Å². The summed E-state index contributed by atoms with van der Waals surface area (Å²) in [6, 6.07) is 34.6. The maximum absolute atomic E-state index is 3.06. The van der Waals surface area contributed by atoms with E-state index in [2.05, 4.69) is 236 Å². The van der Waals surface area contributed by atoms with Crippen LogP contribution in [0.3, 0.4) is 0 Å². The molecule has 0 heterocycles. The van der Waals surface area contributed by atoms with Gasteiger partial charge in [0.25, 0.3) is 0 Å². The molecule has 4 aromatic rings. The van der Waals surface area contributed by atoms with Gasteiger partial charge in [-0.25, -0.2) is 0 Å². The van der Waals surface area contributed by atoms with Gasteiger partial charge in [0, 0.05) is 0 Å². The molecule has 58 heavy (non-hydrogen) atoms. The summed E-state index contributed by atoms with van der Waals surface area (Å²) in [5.74, 6) is 0. The molecule has 5 rings (SSSR count). The monoisotopic (exact) mass is 888 g/mol. The Bertz CT molecular complexity index is 1850. The first-order valence-electron chi connectivity index (χ1n) is 20.7. The third kappa shape index (κ3) is 10.8. The van der Waals surface area contributed by atoms with Gasteiger partial charge in [-0.15, -0.1) is 0 Å². The number of allylic oxidation sites excluding steroid dienone is 4. The second-order valence-corrected chi connectivity index (χ2v) is 27.3. The van der Waals surface area contributed by atoms with Crippen LogP contribution in [-0.4, -0.2) is 8.07 Å². The summed E-state index contributed by atoms with van der Waals surface area (Å²) >= 11 is 2.44. The Hall–Kier alpha value is -1.84. The minimum atomic E-state index is -3.06. The molecule has 0 unspecified atom stereocenters. The van der Waals surface area contributed by atoms with Crippen LogP contribution in [0.15, 0.2) is 100 Å². The van der Waals surface area contributed by atoms with Crippen molar-refractivity contribution < 1.29 is 57.7 Å². The van der Waals surface area contributed by atoms with Crippen LogP contribution in [-0.2, 0) is 52.9 Å². The van der Waals surface area contributed by atoms with Gasteiger partial charge in [-0.1, -0.05) is 0 Å². The van der Waals surface area contributed by atoms with Crippen LogP contribution >= 0.6 is 0 Å². The van der Waals surface area contributed by atoms with Gasteiger partial charge in [0.05, 0.1) is 0 Å². The molecule has 0 saturated heterocycles. The van der Waals surface area contributed by atoms with Crippen molar-refractivity contribution in [3.63, 3.8) is 0 Å². The van der Waals surface area contributed by atoms with Gasteiger partial charge in [0.15, 0.2) is 0 Å². The van der Waals surface area contributed by atoms with Crippen LogP contribution < -0.4 is 52.8 Å². The van der Waals surface area contributed by atoms with Crippen LogP contribution in [0.25, 0.3) is 5.57 Å². The van der Waals surface area contributed by atoms with E-state index in [1.807, 2.05) is 0 Å². The van der Waals surface area contributed by atoms with Crippen LogP contribution in [0, 0.1) is 0 Å². The van der Waals surface area contributed by atoms with E-state index in [0.29, 0.717) is 0 Å². The fraction of sp³-hybridized carbons (Fsp3) is 0.472. The third-order valence-corrected chi connectivity index (χ3v) is 18.0. The molecule has 0 saturated carbocycles. The average Bonchev–Trinajstić information content (AvgIpc) is 3.44. The first-order valence-corrected chi connectivity index (χ1v) is 23.4. The van der Waals surface area contributed by atoms with Crippen molar-refractivity contribution in [1.82, 2.24) is 0 Å². The number of hydrogen-bond acceptors (Lipinski definition) is 0. The normalized spacial score (nSPS) is 14.4.